The highest BCUT2D eigenvalue weighted by Crippen LogP contribution is 2.29. The maximum atomic E-state index is 12.4. The third kappa shape index (κ3) is 4.80. The topological polar surface area (TPSA) is 69.7 Å². The lowest BCUT2D eigenvalue weighted by Gasteiger charge is -2.11. The van der Waals surface area contributed by atoms with Gasteiger partial charge in [-0.2, -0.15) is 0 Å². The van der Waals surface area contributed by atoms with Crippen LogP contribution >= 0.6 is 11.3 Å². The summed E-state index contributed by atoms with van der Waals surface area (Å²) < 4.78 is 15.9. The fourth-order valence-corrected chi connectivity index (χ4v) is 3.47. The van der Waals surface area contributed by atoms with Crippen LogP contribution in [0.2, 0.25) is 0 Å². The van der Waals surface area contributed by atoms with Gasteiger partial charge in [-0.1, -0.05) is 0 Å². The number of benzene rings is 2. The van der Waals surface area contributed by atoms with Crippen molar-refractivity contribution in [3.8, 4) is 27.8 Å². The van der Waals surface area contributed by atoms with Gasteiger partial charge in [0.2, 0.25) is 5.91 Å². The Balaban J connectivity index is 1.65. The molecule has 2 aromatic carbocycles. The van der Waals surface area contributed by atoms with E-state index < -0.39 is 0 Å². The normalized spacial score (nSPS) is 10.4. The van der Waals surface area contributed by atoms with Crippen molar-refractivity contribution in [3.05, 3.63) is 53.5 Å². The Labute approximate surface area is 168 Å². The first kappa shape index (κ1) is 19.7. The van der Waals surface area contributed by atoms with Gasteiger partial charge >= 0.3 is 0 Å². The molecule has 28 heavy (non-hydrogen) atoms. The summed E-state index contributed by atoms with van der Waals surface area (Å²) in [6.45, 7) is 2.59. The number of amides is 1. The van der Waals surface area contributed by atoms with Crippen LogP contribution in [0.15, 0.2) is 47.8 Å². The number of ether oxygens (including phenoxy) is 3. The second kappa shape index (κ2) is 9.23. The number of rotatable bonds is 8. The molecule has 1 heterocycles. The van der Waals surface area contributed by atoms with E-state index in [1.54, 1.807) is 32.4 Å². The van der Waals surface area contributed by atoms with Crippen molar-refractivity contribution in [2.75, 3.05) is 26.1 Å². The van der Waals surface area contributed by atoms with Crippen molar-refractivity contribution >= 4 is 22.9 Å². The largest absolute Gasteiger partial charge is 0.497 e. The maximum absolute atomic E-state index is 12.4. The van der Waals surface area contributed by atoms with E-state index >= 15 is 0 Å². The van der Waals surface area contributed by atoms with Crippen LogP contribution in [0.25, 0.3) is 10.6 Å². The fourth-order valence-electron chi connectivity index (χ4n) is 2.64. The minimum absolute atomic E-state index is 0.160. The molecule has 3 rings (SSSR count). The molecule has 3 aromatic rings. The van der Waals surface area contributed by atoms with Crippen molar-refractivity contribution in [1.29, 1.82) is 0 Å². The molecule has 0 saturated heterocycles. The zero-order chi connectivity index (χ0) is 19.9. The zero-order valence-electron chi connectivity index (χ0n) is 16.0. The molecule has 0 fully saturated rings. The number of hydrogen-bond acceptors (Lipinski definition) is 6. The Morgan fingerprint density at radius 1 is 1.07 bits per heavy atom. The van der Waals surface area contributed by atoms with Gasteiger partial charge in [-0.25, -0.2) is 4.98 Å². The molecule has 1 amide bonds. The van der Waals surface area contributed by atoms with Crippen molar-refractivity contribution in [2.24, 2.45) is 0 Å². The van der Waals surface area contributed by atoms with E-state index in [0.29, 0.717) is 23.8 Å². The molecule has 0 aliphatic heterocycles. The van der Waals surface area contributed by atoms with Gasteiger partial charge in [0.25, 0.3) is 0 Å². The van der Waals surface area contributed by atoms with E-state index in [1.807, 2.05) is 36.6 Å². The van der Waals surface area contributed by atoms with Gasteiger partial charge in [0.15, 0.2) is 0 Å². The second-order valence-corrected chi connectivity index (χ2v) is 6.75. The van der Waals surface area contributed by atoms with Gasteiger partial charge in [-0.15, -0.1) is 11.3 Å². The molecule has 6 nitrogen and oxygen atoms in total. The standard InChI is InChI=1S/C21H22N2O4S/c1-4-27-16-7-5-14(6-8-16)21-22-15(13-28-21)11-20(24)23-18-10-9-17(25-2)12-19(18)26-3/h5-10,12-13H,4,11H2,1-3H3,(H,23,24). The number of carbonyl (C=O) groups is 1. The van der Waals surface area contributed by atoms with E-state index in [1.165, 1.54) is 11.3 Å². The molecule has 0 saturated carbocycles. The van der Waals surface area contributed by atoms with E-state index in [2.05, 4.69) is 10.3 Å². The van der Waals surface area contributed by atoms with Gasteiger partial charge in [0, 0.05) is 17.0 Å². The highest BCUT2D eigenvalue weighted by molar-refractivity contribution is 7.13. The number of methoxy groups -OCH3 is 2. The number of carbonyl (C=O) groups excluding carboxylic acids is 1. The zero-order valence-corrected chi connectivity index (χ0v) is 16.8. The summed E-state index contributed by atoms with van der Waals surface area (Å²) in [5.41, 5.74) is 2.31. The summed E-state index contributed by atoms with van der Waals surface area (Å²) in [5, 5.41) is 5.63. The number of nitrogens with one attached hydrogen (secondary N) is 1. The highest BCUT2D eigenvalue weighted by atomic mass is 32.1. The van der Waals surface area contributed by atoms with Crippen LogP contribution in [0.1, 0.15) is 12.6 Å². The van der Waals surface area contributed by atoms with Crippen LogP contribution in [0.4, 0.5) is 5.69 Å². The lowest BCUT2D eigenvalue weighted by molar-refractivity contribution is -0.115. The van der Waals surface area contributed by atoms with E-state index in [0.717, 1.165) is 22.0 Å². The predicted molar refractivity (Wildman–Crippen MR) is 111 cm³/mol. The lowest BCUT2D eigenvalue weighted by atomic mass is 10.2. The minimum atomic E-state index is -0.160. The van der Waals surface area contributed by atoms with Gasteiger partial charge in [-0.05, 0) is 43.3 Å². The van der Waals surface area contributed by atoms with Gasteiger partial charge in [-0.3, -0.25) is 4.79 Å². The van der Waals surface area contributed by atoms with Crippen molar-refractivity contribution in [3.63, 3.8) is 0 Å². The Kier molecular flexibility index (Phi) is 6.49. The summed E-state index contributed by atoms with van der Waals surface area (Å²) in [4.78, 5) is 17.0. The Morgan fingerprint density at radius 2 is 1.82 bits per heavy atom. The van der Waals surface area contributed by atoms with Crippen LogP contribution in [-0.2, 0) is 11.2 Å². The summed E-state index contributed by atoms with van der Waals surface area (Å²) in [6, 6.07) is 13.0. The lowest BCUT2D eigenvalue weighted by Crippen LogP contribution is -2.15. The number of aromatic nitrogens is 1. The first-order valence-electron chi connectivity index (χ1n) is 8.82. The molecule has 146 valence electrons. The average Bonchev–Trinajstić information content (AvgIpc) is 3.17. The first-order valence-corrected chi connectivity index (χ1v) is 9.70. The molecule has 0 aliphatic rings. The van der Waals surface area contributed by atoms with Crippen LogP contribution in [0, 0.1) is 0 Å². The number of hydrogen-bond donors (Lipinski definition) is 1. The van der Waals surface area contributed by atoms with E-state index in [-0.39, 0.29) is 12.3 Å². The van der Waals surface area contributed by atoms with E-state index in [9.17, 15) is 4.79 Å². The quantitative estimate of drug-likeness (QED) is 0.609. The predicted octanol–water partition coefficient (Wildman–Crippen LogP) is 4.41. The Bertz CT molecular complexity index is 938. The van der Waals surface area contributed by atoms with Crippen molar-refractivity contribution < 1.29 is 19.0 Å². The smallest absolute Gasteiger partial charge is 0.230 e. The summed E-state index contributed by atoms with van der Waals surface area (Å²) in [5.74, 6) is 1.87. The molecule has 0 atom stereocenters. The second-order valence-electron chi connectivity index (χ2n) is 5.89. The van der Waals surface area contributed by atoms with Crippen LogP contribution in [-0.4, -0.2) is 31.7 Å². The molecule has 1 aromatic heterocycles. The highest BCUT2D eigenvalue weighted by Gasteiger charge is 2.12. The molecule has 0 spiro atoms. The third-order valence-electron chi connectivity index (χ3n) is 3.99. The molecular weight excluding hydrogens is 376 g/mol. The summed E-state index contributed by atoms with van der Waals surface area (Å²) in [7, 11) is 3.13. The summed E-state index contributed by atoms with van der Waals surface area (Å²) >= 11 is 1.51. The van der Waals surface area contributed by atoms with Gasteiger partial charge in [0.1, 0.15) is 22.3 Å². The minimum Gasteiger partial charge on any atom is -0.497 e. The number of anilines is 1. The van der Waals surface area contributed by atoms with Gasteiger partial charge in [0.05, 0.1) is 38.6 Å². The molecule has 7 heteroatoms. The SMILES string of the molecule is CCOc1ccc(-c2nc(CC(=O)Nc3ccc(OC)cc3OC)cs2)cc1. The van der Waals surface area contributed by atoms with Crippen LogP contribution in [0.3, 0.4) is 0 Å². The maximum Gasteiger partial charge on any atom is 0.230 e. The average molecular weight is 398 g/mol. The molecule has 1 N–H and O–H groups in total. The Morgan fingerprint density at radius 3 is 2.50 bits per heavy atom. The summed E-state index contributed by atoms with van der Waals surface area (Å²) in [6.07, 6.45) is 0.183. The van der Waals surface area contributed by atoms with Crippen LogP contribution < -0.4 is 19.5 Å². The number of thiazole rings is 1. The Hall–Kier alpha value is -3.06. The molecular formula is C21H22N2O4S. The molecule has 0 unspecified atom stereocenters. The first-order chi connectivity index (χ1) is 13.6. The van der Waals surface area contributed by atoms with Crippen molar-refractivity contribution in [2.45, 2.75) is 13.3 Å². The fraction of sp³-hybridized carbons (Fsp3) is 0.238. The molecule has 0 bridgehead atoms. The number of nitrogens with zero attached hydrogens (tertiary/aromatic N) is 1. The van der Waals surface area contributed by atoms with Crippen molar-refractivity contribution in [1.82, 2.24) is 4.98 Å². The monoisotopic (exact) mass is 398 g/mol. The molecule has 0 aliphatic carbocycles. The molecule has 0 radical (unpaired) electrons. The third-order valence-corrected chi connectivity index (χ3v) is 4.93. The van der Waals surface area contributed by atoms with Crippen LogP contribution in [0.5, 0.6) is 17.2 Å². The van der Waals surface area contributed by atoms with E-state index in [4.69, 9.17) is 14.2 Å². The van der Waals surface area contributed by atoms with Gasteiger partial charge < -0.3 is 19.5 Å².